The number of aryl methyl sites for hydroxylation is 2. The minimum Gasteiger partial charge on any atom is -0.439 e. The molecule has 1 aromatic carbocycles. The average Bonchev–Trinajstić information content (AvgIpc) is 2.43. The topological polar surface area (TPSA) is 34.1 Å². The quantitative estimate of drug-likeness (QED) is 0.861. The van der Waals surface area contributed by atoms with E-state index in [0.29, 0.717) is 11.8 Å². The monoisotopic (exact) mass is 284 g/mol. The van der Waals surface area contributed by atoms with Crippen LogP contribution < -0.4 is 10.1 Å². The highest BCUT2D eigenvalue weighted by Crippen LogP contribution is 2.24. The molecule has 2 aromatic rings. The first-order valence-electron chi connectivity index (χ1n) is 7.45. The first-order chi connectivity index (χ1) is 10.0. The Morgan fingerprint density at radius 3 is 2.57 bits per heavy atom. The minimum atomic E-state index is 0.634. The summed E-state index contributed by atoms with van der Waals surface area (Å²) < 4.78 is 5.83. The Morgan fingerprint density at radius 2 is 1.95 bits per heavy atom. The average molecular weight is 284 g/mol. The van der Waals surface area contributed by atoms with Crippen molar-refractivity contribution in [3.8, 4) is 11.6 Å². The van der Waals surface area contributed by atoms with Crippen LogP contribution >= 0.6 is 0 Å². The summed E-state index contributed by atoms with van der Waals surface area (Å²) in [7, 11) is 0. The highest BCUT2D eigenvalue weighted by Gasteiger charge is 2.03. The van der Waals surface area contributed by atoms with Crippen LogP contribution in [0.25, 0.3) is 0 Å². The summed E-state index contributed by atoms with van der Waals surface area (Å²) >= 11 is 0. The SMILES string of the molecule is Cc1ccc(Oc2ccc(CNCC(C)C)cn2)c(C)c1. The molecule has 1 N–H and O–H groups in total. The zero-order valence-electron chi connectivity index (χ0n) is 13.3. The van der Waals surface area contributed by atoms with Crippen LogP contribution in [0, 0.1) is 19.8 Å². The zero-order valence-corrected chi connectivity index (χ0v) is 13.3. The third-order valence-electron chi connectivity index (χ3n) is 3.22. The van der Waals surface area contributed by atoms with E-state index in [1.807, 2.05) is 31.3 Å². The van der Waals surface area contributed by atoms with Crippen LogP contribution in [0.3, 0.4) is 0 Å². The number of benzene rings is 1. The predicted molar refractivity (Wildman–Crippen MR) is 86.8 cm³/mol. The number of ether oxygens (including phenoxy) is 1. The van der Waals surface area contributed by atoms with Crippen LogP contribution in [0.2, 0.25) is 0 Å². The molecule has 0 aliphatic carbocycles. The number of hydrogen-bond donors (Lipinski definition) is 1. The van der Waals surface area contributed by atoms with E-state index < -0.39 is 0 Å². The molecule has 0 spiro atoms. The van der Waals surface area contributed by atoms with E-state index in [4.69, 9.17) is 4.74 Å². The van der Waals surface area contributed by atoms with Crippen LogP contribution in [0.5, 0.6) is 11.6 Å². The molecular formula is C18H24N2O. The second kappa shape index (κ2) is 7.23. The van der Waals surface area contributed by atoms with E-state index in [0.717, 1.165) is 24.4 Å². The Balaban J connectivity index is 1.95. The molecule has 0 saturated carbocycles. The number of nitrogens with zero attached hydrogens (tertiary/aromatic N) is 1. The smallest absolute Gasteiger partial charge is 0.219 e. The number of aromatic nitrogens is 1. The van der Waals surface area contributed by atoms with Crippen LogP contribution in [0.15, 0.2) is 36.5 Å². The maximum Gasteiger partial charge on any atom is 0.219 e. The van der Waals surface area contributed by atoms with Crippen molar-refractivity contribution >= 4 is 0 Å². The van der Waals surface area contributed by atoms with E-state index in [-0.39, 0.29) is 0 Å². The number of pyridine rings is 1. The van der Waals surface area contributed by atoms with Crippen LogP contribution in [-0.2, 0) is 6.54 Å². The van der Waals surface area contributed by atoms with Crippen molar-refractivity contribution in [1.82, 2.24) is 10.3 Å². The van der Waals surface area contributed by atoms with Crippen molar-refractivity contribution in [2.75, 3.05) is 6.54 Å². The molecule has 112 valence electrons. The van der Waals surface area contributed by atoms with Crippen LogP contribution in [0.1, 0.15) is 30.5 Å². The van der Waals surface area contributed by atoms with Gasteiger partial charge in [0.15, 0.2) is 0 Å². The largest absolute Gasteiger partial charge is 0.439 e. The van der Waals surface area contributed by atoms with Gasteiger partial charge in [-0.2, -0.15) is 0 Å². The normalized spacial score (nSPS) is 10.9. The molecule has 2 rings (SSSR count). The van der Waals surface area contributed by atoms with Gasteiger partial charge in [-0.25, -0.2) is 4.98 Å². The second-order valence-electron chi connectivity index (χ2n) is 5.90. The van der Waals surface area contributed by atoms with Gasteiger partial charge in [-0.3, -0.25) is 0 Å². The van der Waals surface area contributed by atoms with Gasteiger partial charge in [0, 0.05) is 18.8 Å². The molecule has 0 amide bonds. The molecule has 0 fully saturated rings. The van der Waals surface area contributed by atoms with E-state index in [1.165, 1.54) is 11.1 Å². The molecular weight excluding hydrogens is 260 g/mol. The third kappa shape index (κ3) is 4.87. The molecule has 0 aliphatic heterocycles. The van der Waals surface area contributed by atoms with Gasteiger partial charge in [0.25, 0.3) is 0 Å². The summed E-state index contributed by atoms with van der Waals surface area (Å²) in [6.45, 7) is 10.4. The van der Waals surface area contributed by atoms with Crippen LogP contribution in [-0.4, -0.2) is 11.5 Å². The Labute approximate surface area is 127 Å². The lowest BCUT2D eigenvalue weighted by molar-refractivity contribution is 0.458. The molecule has 0 saturated heterocycles. The summed E-state index contributed by atoms with van der Waals surface area (Å²) in [4.78, 5) is 4.37. The Morgan fingerprint density at radius 1 is 1.14 bits per heavy atom. The molecule has 0 atom stereocenters. The molecule has 3 heteroatoms. The van der Waals surface area contributed by atoms with Crippen LogP contribution in [0.4, 0.5) is 0 Å². The summed E-state index contributed by atoms with van der Waals surface area (Å²) in [5, 5.41) is 3.40. The number of hydrogen-bond acceptors (Lipinski definition) is 3. The third-order valence-corrected chi connectivity index (χ3v) is 3.22. The summed E-state index contributed by atoms with van der Waals surface area (Å²) in [6, 6.07) is 10.1. The van der Waals surface area contributed by atoms with Gasteiger partial charge in [-0.05, 0) is 43.5 Å². The summed E-state index contributed by atoms with van der Waals surface area (Å²) in [6.07, 6.45) is 1.87. The zero-order chi connectivity index (χ0) is 15.2. The number of rotatable bonds is 6. The van der Waals surface area contributed by atoms with Gasteiger partial charge in [0.1, 0.15) is 5.75 Å². The van der Waals surface area contributed by atoms with Crippen molar-refractivity contribution in [3.05, 3.63) is 53.2 Å². The molecule has 3 nitrogen and oxygen atoms in total. The van der Waals surface area contributed by atoms with Gasteiger partial charge in [0.05, 0.1) is 0 Å². The molecule has 0 aliphatic rings. The lowest BCUT2D eigenvalue weighted by Crippen LogP contribution is -2.18. The first kappa shape index (κ1) is 15.5. The Bertz CT molecular complexity index is 576. The highest BCUT2D eigenvalue weighted by molar-refractivity contribution is 5.38. The summed E-state index contributed by atoms with van der Waals surface area (Å²) in [5.41, 5.74) is 3.53. The molecule has 0 bridgehead atoms. The maximum atomic E-state index is 5.83. The lowest BCUT2D eigenvalue weighted by Gasteiger charge is -2.10. The van der Waals surface area contributed by atoms with E-state index >= 15 is 0 Å². The molecule has 21 heavy (non-hydrogen) atoms. The maximum absolute atomic E-state index is 5.83. The van der Waals surface area contributed by atoms with Crippen molar-refractivity contribution in [2.45, 2.75) is 34.2 Å². The number of nitrogens with one attached hydrogen (secondary N) is 1. The van der Waals surface area contributed by atoms with Gasteiger partial charge in [-0.1, -0.05) is 37.6 Å². The van der Waals surface area contributed by atoms with Crippen molar-refractivity contribution < 1.29 is 4.74 Å². The highest BCUT2D eigenvalue weighted by atomic mass is 16.5. The summed E-state index contributed by atoms with van der Waals surface area (Å²) in [5.74, 6) is 2.15. The van der Waals surface area contributed by atoms with Crippen molar-refractivity contribution in [2.24, 2.45) is 5.92 Å². The predicted octanol–water partition coefficient (Wildman–Crippen LogP) is 4.24. The van der Waals surface area contributed by atoms with E-state index in [1.54, 1.807) is 0 Å². The molecule has 0 radical (unpaired) electrons. The first-order valence-corrected chi connectivity index (χ1v) is 7.45. The standard InChI is InChI=1S/C18H24N2O/c1-13(2)10-19-11-16-6-8-18(20-12-16)21-17-7-5-14(3)9-15(17)4/h5-9,12-13,19H,10-11H2,1-4H3. The van der Waals surface area contributed by atoms with E-state index in [9.17, 15) is 0 Å². The molecule has 0 unspecified atom stereocenters. The fourth-order valence-electron chi connectivity index (χ4n) is 2.11. The molecule has 1 aromatic heterocycles. The van der Waals surface area contributed by atoms with Gasteiger partial charge < -0.3 is 10.1 Å². The lowest BCUT2D eigenvalue weighted by atomic mass is 10.1. The Hall–Kier alpha value is -1.87. The van der Waals surface area contributed by atoms with E-state index in [2.05, 4.69) is 43.2 Å². The molecule has 1 heterocycles. The van der Waals surface area contributed by atoms with Gasteiger partial charge in [-0.15, -0.1) is 0 Å². The Kier molecular flexibility index (Phi) is 5.34. The second-order valence-corrected chi connectivity index (χ2v) is 5.90. The van der Waals surface area contributed by atoms with Crippen molar-refractivity contribution in [3.63, 3.8) is 0 Å². The van der Waals surface area contributed by atoms with Gasteiger partial charge >= 0.3 is 0 Å². The fraction of sp³-hybridized carbons (Fsp3) is 0.389. The van der Waals surface area contributed by atoms with Gasteiger partial charge in [0.2, 0.25) is 5.88 Å². The van der Waals surface area contributed by atoms with Crippen molar-refractivity contribution in [1.29, 1.82) is 0 Å². The minimum absolute atomic E-state index is 0.634. The fourth-order valence-corrected chi connectivity index (χ4v) is 2.11.